The van der Waals surface area contributed by atoms with Gasteiger partial charge in [0.1, 0.15) is 0 Å². The smallest absolute Gasteiger partial charge is 0.204 e. The van der Waals surface area contributed by atoms with Crippen LogP contribution < -0.4 is 4.74 Å². The Morgan fingerprint density at radius 3 is 1.19 bits per heavy atom. The largest absolute Gasteiger partial charge is 0.491 e. The molecular formula is C13H3F7O. The van der Waals surface area contributed by atoms with Crippen molar-refractivity contribution < 1.29 is 35.5 Å². The Kier molecular flexibility index (Phi) is 2.69. The topological polar surface area (TPSA) is 9.23 Å². The molecule has 0 saturated heterocycles. The van der Waals surface area contributed by atoms with Gasteiger partial charge in [0.05, 0.1) is 7.11 Å². The zero-order valence-corrected chi connectivity index (χ0v) is 10.1. The molecule has 1 aliphatic rings. The normalized spacial score (nSPS) is 11.8. The molecule has 0 bridgehead atoms. The number of ether oxygens (including phenoxy) is 1. The van der Waals surface area contributed by atoms with E-state index < -0.39 is 67.3 Å². The summed E-state index contributed by atoms with van der Waals surface area (Å²) in [4.78, 5) is 0. The molecule has 0 saturated carbocycles. The van der Waals surface area contributed by atoms with Gasteiger partial charge in [-0.1, -0.05) is 0 Å². The second kappa shape index (κ2) is 4.12. The molecule has 0 heterocycles. The highest BCUT2D eigenvalue weighted by atomic mass is 19.2. The van der Waals surface area contributed by atoms with Crippen LogP contribution in [0.3, 0.4) is 0 Å². The number of halogens is 7. The highest BCUT2D eigenvalue weighted by Crippen LogP contribution is 2.32. The van der Waals surface area contributed by atoms with E-state index in [2.05, 4.69) is 4.74 Å². The van der Waals surface area contributed by atoms with E-state index in [1.54, 1.807) is 0 Å². The first-order valence-corrected chi connectivity index (χ1v) is 5.44. The Balaban J connectivity index is 2.74. The van der Waals surface area contributed by atoms with Crippen molar-refractivity contribution in [1.82, 2.24) is 0 Å². The lowest BCUT2D eigenvalue weighted by Gasteiger charge is -2.13. The average molecular weight is 308 g/mol. The first kappa shape index (κ1) is 13.7. The van der Waals surface area contributed by atoms with Crippen LogP contribution in [0.4, 0.5) is 30.7 Å². The highest BCUT2D eigenvalue weighted by molar-refractivity contribution is 5.39. The molecule has 8 heteroatoms. The van der Waals surface area contributed by atoms with Crippen LogP contribution in [0, 0.1) is 61.6 Å². The summed E-state index contributed by atoms with van der Waals surface area (Å²) in [6.45, 7) is 0. The van der Waals surface area contributed by atoms with Gasteiger partial charge in [-0.3, -0.25) is 0 Å². The lowest BCUT2D eigenvalue weighted by molar-refractivity contribution is 0.341. The summed E-state index contributed by atoms with van der Waals surface area (Å²) in [5, 5.41) is -3.91. The SMILES string of the molecule is COc1c(F)c(F)c2c(c1F)=c1c(F)c(F)c(F)c(F)c1=2. The fourth-order valence-electron chi connectivity index (χ4n) is 2.33. The van der Waals surface area contributed by atoms with Gasteiger partial charge in [0, 0.05) is 20.9 Å². The number of hydrogen-bond acceptors (Lipinski definition) is 1. The molecule has 0 N–H and O–H groups in total. The van der Waals surface area contributed by atoms with Gasteiger partial charge in [-0.25, -0.2) is 26.3 Å². The lowest BCUT2D eigenvalue weighted by Crippen LogP contribution is -2.11. The maximum Gasteiger partial charge on any atom is 0.204 e. The van der Waals surface area contributed by atoms with Crippen LogP contribution in [0.1, 0.15) is 0 Å². The molecule has 0 aliphatic heterocycles. The molecule has 2 aromatic rings. The highest BCUT2D eigenvalue weighted by Gasteiger charge is 2.29. The predicted octanol–water partition coefficient (Wildman–Crippen LogP) is 3.56. The van der Waals surface area contributed by atoms with Crippen LogP contribution in [0.25, 0.3) is 0 Å². The van der Waals surface area contributed by atoms with Gasteiger partial charge < -0.3 is 4.74 Å². The van der Waals surface area contributed by atoms with E-state index in [-0.39, 0.29) is 0 Å². The zero-order chi connectivity index (χ0) is 15.6. The monoisotopic (exact) mass is 308 g/mol. The molecular weight excluding hydrogens is 305 g/mol. The third-order valence-electron chi connectivity index (χ3n) is 3.25. The Hall–Kier alpha value is -2.25. The Morgan fingerprint density at radius 1 is 0.476 bits per heavy atom. The maximum atomic E-state index is 13.9. The van der Waals surface area contributed by atoms with Crippen LogP contribution in [0.5, 0.6) is 5.75 Å². The van der Waals surface area contributed by atoms with E-state index in [9.17, 15) is 30.7 Å². The Labute approximate surface area is 111 Å². The van der Waals surface area contributed by atoms with Crippen LogP contribution >= 0.6 is 0 Å². The summed E-state index contributed by atoms with van der Waals surface area (Å²) < 4.78 is 98.9. The van der Waals surface area contributed by atoms with E-state index in [1.165, 1.54) is 0 Å². The van der Waals surface area contributed by atoms with Crippen molar-refractivity contribution in [3.8, 4) is 5.75 Å². The first-order chi connectivity index (χ1) is 9.82. The van der Waals surface area contributed by atoms with Crippen LogP contribution in [-0.2, 0) is 0 Å². The Morgan fingerprint density at radius 2 is 0.810 bits per heavy atom. The molecule has 0 fully saturated rings. The minimum absolute atomic E-state index is 0.828. The van der Waals surface area contributed by atoms with Gasteiger partial charge in [-0.05, 0) is 0 Å². The standard InChI is InChI=1S/C13H3F7O/c1-21-13-9(17)5-3-2(4(5)8(16)12(13)20)6(14)10(18)11(19)7(3)15/h1H3. The molecule has 0 radical (unpaired) electrons. The fourth-order valence-corrected chi connectivity index (χ4v) is 2.33. The van der Waals surface area contributed by atoms with Crippen molar-refractivity contribution in [2.75, 3.05) is 7.11 Å². The summed E-state index contributed by atoms with van der Waals surface area (Å²) >= 11 is 0. The van der Waals surface area contributed by atoms with E-state index in [0.717, 1.165) is 7.11 Å². The van der Waals surface area contributed by atoms with Gasteiger partial charge >= 0.3 is 0 Å². The number of hydrogen-bond donors (Lipinski definition) is 0. The summed E-state index contributed by atoms with van der Waals surface area (Å²) in [5.41, 5.74) is 0. The third kappa shape index (κ3) is 1.42. The van der Waals surface area contributed by atoms with E-state index in [4.69, 9.17) is 0 Å². The average Bonchev–Trinajstić information content (AvgIpc) is 2.42. The molecule has 1 nitrogen and oxygen atoms in total. The summed E-state index contributed by atoms with van der Waals surface area (Å²) in [6, 6.07) is 0. The quantitative estimate of drug-likeness (QED) is 0.379. The molecule has 0 spiro atoms. The van der Waals surface area contributed by atoms with Gasteiger partial charge in [-0.15, -0.1) is 0 Å². The first-order valence-electron chi connectivity index (χ1n) is 5.44. The molecule has 21 heavy (non-hydrogen) atoms. The van der Waals surface area contributed by atoms with Gasteiger partial charge in [0.15, 0.2) is 40.7 Å². The van der Waals surface area contributed by atoms with E-state index >= 15 is 0 Å². The lowest BCUT2D eigenvalue weighted by atomic mass is 9.98. The van der Waals surface area contributed by atoms with Gasteiger partial charge in [0.2, 0.25) is 5.82 Å². The molecule has 3 rings (SSSR count). The van der Waals surface area contributed by atoms with Crippen molar-refractivity contribution in [1.29, 1.82) is 0 Å². The number of rotatable bonds is 1. The molecule has 110 valence electrons. The summed E-state index contributed by atoms with van der Waals surface area (Å²) in [6.07, 6.45) is 0. The van der Waals surface area contributed by atoms with Crippen molar-refractivity contribution in [2.24, 2.45) is 0 Å². The van der Waals surface area contributed by atoms with E-state index in [0.29, 0.717) is 0 Å². The second-order valence-corrected chi connectivity index (χ2v) is 4.23. The van der Waals surface area contributed by atoms with Crippen LogP contribution in [0.2, 0.25) is 0 Å². The molecule has 1 aliphatic carbocycles. The number of benzene rings is 2. The molecule has 0 aromatic heterocycles. The minimum atomic E-state index is -2.19. The van der Waals surface area contributed by atoms with Gasteiger partial charge in [0.25, 0.3) is 0 Å². The van der Waals surface area contributed by atoms with E-state index in [1.807, 2.05) is 0 Å². The summed E-state index contributed by atoms with van der Waals surface area (Å²) in [5.74, 6) is -14.4. The fraction of sp³-hybridized carbons (Fsp3) is 0.0769. The predicted molar refractivity (Wildman–Crippen MR) is 54.5 cm³/mol. The molecule has 2 aromatic carbocycles. The van der Waals surface area contributed by atoms with Crippen LogP contribution in [-0.4, -0.2) is 7.11 Å². The Bertz CT molecular complexity index is 998. The summed E-state index contributed by atoms with van der Waals surface area (Å²) in [7, 11) is 0.828. The second-order valence-electron chi connectivity index (χ2n) is 4.23. The minimum Gasteiger partial charge on any atom is -0.491 e. The van der Waals surface area contributed by atoms with Crippen molar-refractivity contribution >= 4 is 0 Å². The third-order valence-corrected chi connectivity index (χ3v) is 3.25. The van der Waals surface area contributed by atoms with Crippen LogP contribution in [0.15, 0.2) is 0 Å². The van der Waals surface area contributed by atoms with Crippen molar-refractivity contribution in [3.63, 3.8) is 0 Å². The van der Waals surface area contributed by atoms with Crippen molar-refractivity contribution in [3.05, 3.63) is 61.6 Å². The molecule has 0 unspecified atom stereocenters. The molecule has 0 atom stereocenters. The van der Waals surface area contributed by atoms with Gasteiger partial charge in [-0.2, -0.15) is 4.39 Å². The number of fused-ring (bicyclic) bond motifs is 2. The number of methoxy groups -OCH3 is 1. The zero-order valence-electron chi connectivity index (χ0n) is 10.1. The van der Waals surface area contributed by atoms with Crippen molar-refractivity contribution in [2.45, 2.75) is 0 Å². The molecule has 0 amide bonds. The maximum absolute atomic E-state index is 13.9.